The number of piperidine rings is 1. The van der Waals surface area contributed by atoms with Crippen molar-refractivity contribution in [1.82, 2.24) is 15.1 Å². The second-order valence-corrected chi connectivity index (χ2v) is 6.22. The summed E-state index contributed by atoms with van der Waals surface area (Å²) in [7, 11) is 1.63. The van der Waals surface area contributed by atoms with Gasteiger partial charge in [0.05, 0.1) is 0 Å². The minimum absolute atomic E-state index is 0.0157. The highest BCUT2D eigenvalue weighted by Gasteiger charge is 2.43. The van der Waals surface area contributed by atoms with E-state index in [-0.39, 0.29) is 17.7 Å². The maximum absolute atomic E-state index is 12.8. The molecule has 21 heavy (non-hydrogen) atoms. The van der Waals surface area contributed by atoms with Gasteiger partial charge in [-0.2, -0.15) is 0 Å². The molecule has 6 nitrogen and oxygen atoms in total. The number of rotatable bonds is 3. The van der Waals surface area contributed by atoms with E-state index in [4.69, 9.17) is 4.74 Å². The highest BCUT2D eigenvalue weighted by molar-refractivity contribution is 5.86. The van der Waals surface area contributed by atoms with Crippen molar-refractivity contribution in [1.29, 1.82) is 0 Å². The fourth-order valence-electron chi connectivity index (χ4n) is 3.12. The monoisotopic (exact) mass is 297 g/mol. The molecule has 0 bridgehead atoms. The summed E-state index contributed by atoms with van der Waals surface area (Å²) in [5.74, 6) is 0.274. The van der Waals surface area contributed by atoms with Crippen molar-refractivity contribution >= 4 is 11.8 Å². The van der Waals surface area contributed by atoms with Gasteiger partial charge in [0.15, 0.2) is 0 Å². The van der Waals surface area contributed by atoms with Crippen LogP contribution in [0.15, 0.2) is 0 Å². The van der Waals surface area contributed by atoms with Crippen LogP contribution in [-0.4, -0.2) is 73.6 Å². The maximum Gasteiger partial charge on any atom is 0.255 e. The van der Waals surface area contributed by atoms with Crippen molar-refractivity contribution in [3.8, 4) is 0 Å². The molecule has 2 aliphatic rings. The molecule has 120 valence electrons. The van der Waals surface area contributed by atoms with Crippen LogP contribution in [0.25, 0.3) is 0 Å². The molecule has 0 radical (unpaired) electrons. The van der Waals surface area contributed by atoms with Crippen LogP contribution >= 0.6 is 0 Å². The van der Waals surface area contributed by atoms with Crippen LogP contribution in [0.5, 0.6) is 0 Å². The van der Waals surface area contributed by atoms with Crippen molar-refractivity contribution in [3.63, 3.8) is 0 Å². The van der Waals surface area contributed by atoms with Gasteiger partial charge in [-0.15, -0.1) is 0 Å². The van der Waals surface area contributed by atoms with Gasteiger partial charge in [-0.05, 0) is 25.9 Å². The maximum atomic E-state index is 12.8. The first-order valence-corrected chi connectivity index (χ1v) is 7.84. The Hall–Kier alpha value is -1.14. The molecule has 0 spiro atoms. The smallest absolute Gasteiger partial charge is 0.255 e. The zero-order valence-corrected chi connectivity index (χ0v) is 13.4. The van der Waals surface area contributed by atoms with Crippen molar-refractivity contribution in [2.45, 2.75) is 32.3 Å². The SMILES string of the molecule is COC1(C(=O)N2CCN(C(=O)C(C)C)CC2)CCNCC1. The van der Waals surface area contributed by atoms with Crippen LogP contribution in [0, 0.1) is 5.92 Å². The van der Waals surface area contributed by atoms with Gasteiger partial charge >= 0.3 is 0 Å². The summed E-state index contributed by atoms with van der Waals surface area (Å²) in [6, 6.07) is 0. The Morgan fingerprint density at radius 2 is 1.57 bits per heavy atom. The fourth-order valence-corrected chi connectivity index (χ4v) is 3.12. The summed E-state index contributed by atoms with van der Waals surface area (Å²) < 4.78 is 5.59. The van der Waals surface area contributed by atoms with Crippen LogP contribution in [0.1, 0.15) is 26.7 Å². The van der Waals surface area contributed by atoms with Gasteiger partial charge in [-0.3, -0.25) is 9.59 Å². The van der Waals surface area contributed by atoms with Crippen molar-refractivity contribution in [3.05, 3.63) is 0 Å². The number of nitrogens with one attached hydrogen (secondary N) is 1. The van der Waals surface area contributed by atoms with E-state index in [0.29, 0.717) is 39.0 Å². The van der Waals surface area contributed by atoms with Gasteiger partial charge in [0, 0.05) is 39.2 Å². The summed E-state index contributed by atoms with van der Waals surface area (Å²) in [5.41, 5.74) is -0.671. The number of nitrogens with zero attached hydrogens (tertiary/aromatic N) is 2. The Labute approximate surface area is 126 Å². The van der Waals surface area contributed by atoms with Gasteiger partial charge < -0.3 is 19.9 Å². The molecule has 0 aromatic carbocycles. The zero-order chi connectivity index (χ0) is 15.5. The summed E-state index contributed by atoms with van der Waals surface area (Å²) in [5, 5.41) is 3.26. The standard InChI is InChI=1S/C15H27N3O3/c1-12(2)13(19)17-8-10-18(11-9-17)14(20)15(21-3)4-6-16-7-5-15/h12,16H,4-11H2,1-3H3. The molecule has 0 atom stereocenters. The number of ether oxygens (including phenoxy) is 1. The van der Waals surface area contributed by atoms with E-state index >= 15 is 0 Å². The summed E-state index contributed by atoms with van der Waals surface area (Å²) in [4.78, 5) is 28.5. The van der Waals surface area contributed by atoms with Crippen molar-refractivity contribution in [2.24, 2.45) is 5.92 Å². The Bertz CT molecular complexity index is 384. The predicted molar refractivity (Wildman–Crippen MR) is 79.8 cm³/mol. The Morgan fingerprint density at radius 3 is 2.05 bits per heavy atom. The summed E-state index contributed by atoms with van der Waals surface area (Å²) in [6.07, 6.45) is 1.43. The second kappa shape index (κ2) is 6.75. The minimum Gasteiger partial charge on any atom is -0.368 e. The topological polar surface area (TPSA) is 61.9 Å². The highest BCUT2D eigenvalue weighted by atomic mass is 16.5. The molecule has 2 amide bonds. The van der Waals surface area contributed by atoms with E-state index in [1.807, 2.05) is 23.6 Å². The third-order valence-electron chi connectivity index (χ3n) is 4.56. The second-order valence-electron chi connectivity index (χ2n) is 6.22. The molecule has 2 saturated heterocycles. The third-order valence-corrected chi connectivity index (χ3v) is 4.56. The van der Waals surface area contributed by atoms with Crippen molar-refractivity contribution < 1.29 is 14.3 Å². The van der Waals surface area contributed by atoms with Crippen LogP contribution in [0.2, 0.25) is 0 Å². The number of hydrogen-bond acceptors (Lipinski definition) is 4. The summed E-state index contributed by atoms with van der Waals surface area (Å²) in [6.45, 7) is 7.91. The van der Waals surface area contributed by atoms with Crippen molar-refractivity contribution in [2.75, 3.05) is 46.4 Å². The van der Waals surface area contributed by atoms with Crippen LogP contribution in [-0.2, 0) is 14.3 Å². The average molecular weight is 297 g/mol. The van der Waals surface area contributed by atoms with Gasteiger partial charge in [0.25, 0.3) is 5.91 Å². The molecule has 0 saturated carbocycles. The molecule has 6 heteroatoms. The molecule has 0 aromatic rings. The zero-order valence-electron chi connectivity index (χ0n) is 13.4. The lowest BCUT2D eigenvalue weighted by Crippen LogP contribution is -2.60. The van der Waals surface area contributed by atoms with E-state index in [9.17, 15) is 9.59 Å². The van der Waals surface area contributed by atoms with Crippen LogP contribution < -0.4 is 5.32 Å². The van der Waals surface area contributed by atoms with Gasteiger partial charge in [-0.1, -0.05) is 13.8 Å². The Balaban J connectivity index is 1.95. The molecule has 1 N–H and O–H groups in total. The summed E-state index contributed by atoms with van der Waals surface area (Å²) >= 11 is 0. The van der Waals surface area contributed by atoms with E-state index in [1.165, 1.54) is 0 Å². The number of amides is 2. The largest absolute Gasteiger partial charge is 0.368 e. The number of carbonyl (C=O) groups is 2. The number of methoxy groups -OCH3 is 1. The highest BCUT2D eigenvalue weighted by Crippen LogP contribution is 2.25. The number of hydrogen-bond donors (Lipinski definition) is 1. The molecular formula is C15H27N3O3. The average Bonchev–Trinajstić information content (AvgIpc) is 2.54. The van der Waals surface area contributed by atoms with Crippen LogP contribution in [0.4, 0.5) is 0 Å². The quantitative estimate of drug-likeness (QED) is 0.801. The predicted octanol–water partition coefficient (Wildman–Crippen LogP) is 0.0818. The van der Waals surface area contributed by atoms with E-state index in [2.05, 4.69) is 5.32 Å². The molecule has 0 aliphatic carbocycles. The molecule has 2 rings (SSSR count). The lowest BCUT2D eigenvalue weighted by molar-refractivity contribution is -0.161. The molecule has 2 aliphatic heterocycles. The Kier molecular flexibility index (Phi) is 5.22. The Morgan fingerprint density at radius 1 is 1.05 bits per heavy atom. The minimum atomic E-state index is -0.671. The normalized spacial score (nSPS) is 22.5. The molecule has 0 aromatic heterocycles. The lowest BCUT2D eigenvalue weighted by Gasteiger charge is -2.42. The first-order chi connectivity index (χ1) is 10.00. The van der Waals surface area contributed by atoms with Gasteiger partial charge in [0.1, 0.15) is 5.60 Å². The molecule has 2 fully saturated rings. The van der Waals surface area contributed by atoms with Crippen LogP contribution in [0.3, 0.4) is 0 Å². The fraction of sp³-hybridized carbons (Fsp3) is 0.867. The molecular weight excluding hydrogens is 270 g/mol. The third kappa shape index (κ3) is 3.37. The number of carbonyl (C=O) groups excluding carboxylic acids is 2. The number of piperazine rings is 1. The first-order valence-electron chi connectivity index (χ1n) is 7.84. The molecule has 0 unspecified atom stereocenters. The van der Waals surface area contributed by atoms with Gasteiger partial charge in [-0.25, -0.2) is 0 Å². The van der Waals surface area contributed by atoms with E-state index in [0.717, 1.165) is 13.1 Å². The molecule has 2 heterocycles. The van der Waals surface area contributed by atoms with E-state index in [1.54, 1.807) is 7.11 Å². The van der Waals surface area contributed by atoms with E-state index < -0.39 is 5.60 Å². The van der Waals surface area contributed by atoms with Gasteiger partial charge in [0.2, 0.25) is 5.91 Å². The first kappa shape index (κ1) is 16.2. The lowest BCUT2D eigenvalue weighted by atomic mass is 9.90.